The molecule has 0 bridgehead atoms. The van der Waals surface area contributed by atoms with E-state index in [1.54, 1.807) is 4.57 Å². The number of nitrogens with one attached hydrogen (secondary N) is 1. The average molecular weight is 324 g/mol. The Labute approximate surface area is 135 Å². The van der Waals surface area contributed by atoms with Gasteiger partial charge in [-0.25, -0.2) is 0 Å². The van der Waals surface area contributed by atoms with Crippen LogP contribution in [0.5, 0.6) is 5.88 Å². The molecule has 0 saturated heterocycles. The summed E-state index contributed by atoms with van der Waals surface area (Å²) < 4.78 is 1.78. The Morgan fingerprint density at radius 3 is 2.86 bits per heavy atom. The van der Waals surface area contributed by atoms with Crippen LogP contribution in [0, 0.1) is 4.77 Å². The molecule has 1 aliphatic rings. The summed E-state index contributed by atoms with van der Waals surface area (Å²) in [5.74, 6) is -0.128. The fourth-order valence-corrected chi connectivity index (χ4v) is 3.11. The molecule has 0 amide bonds. The fraction of sp³-hybridized carbons (Fsp3) is 0.667. The summed E-state index contributed by atoms with van der Waals surface area (Å²) in [5, 5.41) is 10.4. The van der Waals surface area contributed by atoms with E-state index in [0.29, 0.717) is 0 Å². The zero-order chi connectivity index (χ0) is 16.3. The first kappa shape index (κ1) is 16.9. The van der Waals surface area contributed by atoms with Crippen molar-refractivity contribution in [1.29, 1.82) is 0 Å². The van der Waals surface area contributed by atoms with Crippen molar-refractivity contribution >= 4 is 18.4 Å². The van der Waals surface area contributed by atoms with Crippen LogP contribution in [0.2, 0.25) is 0 Å². The highest BCUT2D eigenvalue weighted by atomic mass is 32.1. The fourth-order valence-electron chi connectivity index (χ4n) is 2.76. The molecule has 2 rings (SSSR count). The maximum absolute atomic E-state index is 12.1. The van der Waals surface area contributed by atoms with Crippen LogP contribution >= 0.6 is 12.2 Å². The molecule has 1 aromatic heterocycles. The van der Waals surface area contributed by atoms with Crippen LogP contribution in [0.3, 0.4) is 0 Å². The van der Waals surface area contributed by atoms with Gasteiger partial charge >= 0.3 is 0 Å². The SMILES string of the molecule is CC[C@H](C)n1c(O)c(C=N[C@H]2CCCC[C@@H]2N)c(=O)[nH]c1=S. The van der Waals surface area contributed by atoms with Gasteiger partial charge in [-0.2, -0.15) is 0 Å². The van der Waals surface area contributed by atoms with E-state index < -0.39 is 5.56 Å². The van der Waals surface area contributed by atoms with E-state index in [1.165, 1.54) is 6.21 Å². The molecule has 6 nitrogen and oxygen atoms in total. The summed E-state index contributed by atoms with van der Waals surface area (Å²) in [4.78, 5) is 19.1. The van der Waals surface area contributed by atoms with Crippen LogP contribution < -0.4 is 11.3 Å². The summed E-state index contributed by atoms with van der Waals surface area (Å²) in [6.45, 7) is 3.93. The van der Waals surface area contributed by atoms with Crippen molar-refractivity contribution in [3.8, 4) is 5.88 Å². The molecule has 0 aliphatic heterocycles. The zero-order valence-electron chi connectivity index (χ0n) is 13.1. The second kappa shape index (κ2) is 7.19. The Kier molecular flexibility index (Phi) is 5.52. The number of nitrogens with two attached hydrogens (primary N) is 1. The lowest BCUT2D eigenvalue weighted by Crippen LogP contribution is -2.36. The molecule has 3 atom stereocenters. The van der Waals surface area contributed by atoms with Gasteiger partial charge in [-0.05, 0) is 38.4 Å². The quantitative estimate of drug-likeness (QED) is 0.585. The highest BCUT2D eigenvalue weighted by molar-refractivity contribution is 7.71. The van der Waals surface area contributed by atoms with Crippen LogP contribution in [0.4, 0.5) is 0 Å². The number of hydrogen-bond donors (Lipinski definition) is 3. The molecule has 1 aromatic rings. The lowest BCUT2D eigenvalue weighted by atomic mass is 9.91. The van der Waals surface area contributed by atoms with Crippen LogP contribution in [0.25, 0.3) is 0 Å². The molecule has 1 heterocycles. The molecule has 1 aliphatic carbocycles. The van der Waals surface area contributed by atoms with Gasteiger partial charge in [0.05, 0.1) is 6.04 Å². The van der Waals surface area contributed by atoms with Crippen molar-refractivity contribution < 1.29 is 5.11 Å². The molecule has 1 fully saturated rings. The monoisotopic (exact) mass is 324 g/mol. The highest BCUT2D eigenvalue weighted by Crippen LogP contribution is 2.22. The Morgan fingerprint density at radius 1 is 1.55 bits per heavy atom. The Morgan fingerprint density at radius 2 is 2.23 bits per heavy atom. The molecule has 1 saturated carbocycles. The molecule has 0 radical (unpaired) electrons. The van der Waals surface area contributed by atoms with E-state index in [2.05, 4.69) is 9.98 Å². The van der Waals surface area contributed by atoms with Crippen molar-refractivity contribution in [3.05, 3.63) is 20.7 Å². The third-order valence-corrected chi connectivity index (χ3v) is 4.66. The third kappa shape index (κ3) is 3.47. The molecule has 0 aromatic carbocycles. The van der Waals surface area contributed by atoms with Gasteiger partial charge in [-0.3, -0.25) is 19.3 Å². The van der Waals surface area contributed by atoms with Crippen LogP contribution in [0.15, 0.2) is 9.79 Å². The molecular weight excluding hydrogens is 300 g/mol. The predicted molar refractivity (Wildman–Crippen MR) is 90.4 cm³/mol. The zero-order valence-corrected chi connectivity index (χ0v) is 13.9. The predicted octanol–water partition coefficient (Wildman–Crippen LogP) is 2.27. The minimum absolute atomic E-state index is 0.00608. The molecule has 0 spiro atoms. The summed E-state index contributed by atoms with van der Waals surface area (Å²) in [6.07, 6.45) is 6.31. The molecule has 0 unspecified atom stereocenters. The summed E-state index contributed by atoms with van der Waals surface area (Å²) in [5.41, 5.74) is 5.78. The van der Waals surface area contributed by atoms with E-state index >= 15 is 0 Å². The lowest BCUT2D eigenvalue weighted by Gasteiger charge is -2.25. The average Bonchev–Trinajstić information content (AvgIpc) is 2.48. The maximum atomic E-state index is 12.1. The van der Waals surface area contributed by atoms with Gasteiger partial charge < -0.3 is 10.8 Å². The topological polar surface area (TPSA) is 96.4 Å². The van der Waals surface area contributed by atoms with E-state index in [4.69, 9.17) is 18.0 Å². The van der Waals surface area contributed by atoms with Crippen LogP contribution in [-0.4, -0.2) is 33.0 Å². The maximum Gasteiger partial charge on any atom is 0.264 e. The number of rotatable bonds is 4. The Balaban J connectivity index is 2.38. The van der Waals surface area contributed by atoms with Crippen molar-refractivity contribution in [3.63, 3.8) is 0 Å². The van der Waals surface area contributed by atoms with Gasteiger partial charge in [0, 0.05) is 18.3 Å². The summed E-state index contributed by atoms with van der Waals surface area (Å²) in [6, 6.07) is 0.0207. The van der Waals surface area contributed by atoms with E-state index in [-0.39, 0.29) is 34.3 Å². The minimum Gasteiger partial charge on any atom is -0.494 e. The van der Waals surface area contributed by atoms with Crippen molar-refractivity contribution in [2.24, 2.45) is 10.7 Å². The van der Waals surface area contributed by atoms with Gasteiger partial charge in [-0.15, -0.1) is 0 Å². The second-order valence-corrected chi connectivity index (χ2v) is 6.30. The standard InChI is InChI=1S/C15H24N4O2S/c1-3-9(2)19-14(21)10(13(20)18-15(19)22)8-17-12-7-5-4-6-11(12)16/h8-9,11-12,21H,3-7,16H2,1-2H3,(H,18,20,22)/t9-,11-,12-/m0/s1. The molecule has 122 valence electrons. The first-order valence-electron chi connectivity index (χ1n) is 7.82. The largest absolute Gasteiger partial charge is 0.494 e. The van der Waals surface area contributed by atoms with Gasteiger partial charge in [0.25, 0.3) is 5.56 Å². The van der Waals surface area contributed by atoms with Crippen LogP contribution in [0.1, 0.15) is 57.6 Å². The van der Waals surface area contributed by atoms with Gasteiger partial charge in [0.2, 0.25) is 5.88 Å². The minimum atomic E-state index is -0.421. The van der Waals surface area contributed by atoms with E-state index in [1.807, 2.05) is 13.8 Å². The number of aromatic nitrogens is 2. The highest BCUT2D eigenvalue weighted by Gasteiger charge is 2.21. The Bertz CT molecular complexity index is 664. The Hall–Kier alpha value is -1.47. The van der Waals surface area contributed by atoms with Gasteiger partial charge in [-0.1, -0.05) is 19.8 Å². The van der Waals surface area contributed by atoms with Gasteiger partial charge in [0.15, 0.2) is 4.77 Å². The number of aliphatic imine (C=N–C) groups is 1. The van der Waals surface area contributed by atoms with Crippen molar-refractivity contribution in [1.82, 2.24) is 9.55 Å². The third-order valence-electron chi connectivity index (χ3n) is 4.36. The lowest BCUT2D eigenvalue weighted by molar-refractivity contribution is 0.370. The van der Waals surface area contributed by atoms with Gasteiger partial charge in [0.1, 0.15) is 5.56 Å². The molecule has 22 heavy (non-hydrogen) atoms. The van der Waals surface area contributed by atoms with E-state index in [0.717, 1.165) is 32.1 Å². The normalized spacial score (nSPS) is 23.8. The first-order chi connectivity index (χ1) is 10.5. The number of aromatic hydroxyl groups is 1. The number of hydrogen-bond acceptors (Lipinski definition) is 5. The van der Waals surface area contributed by atoms with Crippen molar-refractivity contribution in [2.75, 3.05) is 0 Å². The molecule has 7 heteroatoms. The number of nitrogens with zero attached hydrogens (tertiary/aromatic N) is 2. The number of H-pyrrole nitrogens is 1. The van der Waals surface area contributed by atoms with Crippen LogP contribution in [-0.2, 0) is 0 Å². The smallest absolute Gasteiger partial charge is 0.264 e. The second-order valence-electron chi connectivity index (χ2n) is 5.92. The van der Waals surface area contributed by atoms with Crippen molar-refractivity contribution in [2.45, 2.75) is 64.1 Å². The van der Waals surface area contributed by atoms with E-state index in [9.17, 15) is 9.90 Å². The summed E-state index contributed by atoms with van der Waals surface area (Å²) in [7, 11) is 0. The number of aromatic amines is 1. The molecular formula is C15H24N4O2S. The summed E-state index contributed by atoms with van der Waals surface area (Å²) >= 11 is 5.14. The first-order valence-corrected chi connectivity index (χ1v) is 8.23. The molecule has 4 N–H and O–H groups in total.